The number of hydrogen-bond donors (Lipinski definition) is 3. The molecule has 2 heterocycles. The number of alkyl carbamates (subject to hydrolysis) is 1. The minimum absolute atomic E-state index is 0.109. The standard InChI is InChI=1S/C32H41N7O2/c1-21(2)39-20-34-27-28(33-19-22-10-9-13-24(18-22)23-11-7-6-8-12-23)37-30(38-29(27)39)35-25-14-16-26(17-15-25)36-31(40)41-32(3,4)5/h6-13,18,20-21,25-26H,14-17,19H2,1-5H3,(H,36,40)(H2,33,35,37,38). The highest BCUT2D eigenvalue weighted by molar-refractivity contribution is 5.84. The molecule has 216 valence electrons. The molecule has 0 aliphatic heterocycles. The van der Waals surface area contributed by atoms with E-state index in [0.717, 1.165) is 42.4 Å². The van der Waals surface area contributed by atoms with Gasteiger partial charge in [-0.05, 0) is 83.1 Å². The van der Waals surface area contributed by atoms with E-state index >= 15 is 0 Å². The van der Waals surface area contributed by atoms with E-state index in [4.69, 9.17) is 14.7 Å². The fourth-order valence-electron chi connectivity index (χ4n) is 5.20. The number of aromatic nitrogens is 4. The van der Waals surface area contributed by atoms with Gasteiger partial charge in [-0.3, -0.25) is 0 Å². The van der Waals surface area contributed by atoms with E-state index in [1.807, 2.05) is 33.2 Å². The second kappa shape index (κ2) is 12.2. The van der Waals surface area contributed by atoms with Gasteiger partial charge in [0, 0.05) is 24.7 Å². The molecule has 41 heavy (non-hydrogen) atoms. The third-order valence-electron chi connectivity index (χ3n) is 7.25. The van der Waals surface area contributed by atoms with Crippen LogP contribution in [0.25, 0.3) is 22.3 Å². The third kappa shape index (κ3) is 7.34. The summed E-state index contributed by atoms with van der Waals surface area (Å²) in [6.45, 7) is 10.5. The van der Waals surface area contributed by atoms with Crippen LogP contribution in [0.4, 0.5) is 16.6 Å². The van der Waals surface area contributed by atoms with Crippen LogP contribution < -0.4 is 16.0 Å². The maximum Gasteiger partial charge on any atom is 0.407 e. The van der Waals surface area contributed by atoms with Crippen molar-refractivity contribution < 1.29 is 9.53 Å². The zero-order valence-electron chi connectivity index (χ0n) is 24.6. The van der Waals surface area contributed by atoms with Gasteiger partial charge in [-0.25, -0.2) is 9.78 Å². The summed E-state index contributed by atoms with van der Waals surface area (Å²) >= 11 is 0. The van der Waals surface area contributed by atoms with Gasteiger partial charge in [0.2, 0.25) is 5.95 Å². The lowest BCUT2D eigenvalue weighted by atomic mass is 9.91. The van der Waals surface area contributed by atoms with E-state index in [-0.39, 0.29) is 24.2 Å². The second-order valence-corrected chi connectivity index (χ2v) is 12.1. The molecule has 0 unspecified atom stereocenters. The Morgan fingerprint density at radius 3 is 2.39 bits per heavy atom. The summed E-state index contributed by atoms with van der Waals surface area (Å²) in [5.41, 5.74) is 4.59. The van der Waals surface area contributed by atoms with E-state index in [2.05, 4.69) is 87.9 Å². The quantitative estimate of drug-likeness (QED) is 0.216. The van der Waals surface area contributed by atoms with Crippen LogP contribution in [0.5, 0.6) is 0 Å². The van der Waals surface area contributed by atoms with Crippen LogP contribution >= 0.6 is 0 Å². The average molecular weight is 556 g/mol. The summed E-state index contributed by atoms with van der Waals surface area (Å²) in [6, 6.07) is 19.5. The van der Waals surface area contributed by atoms with E-state index < -0.39 is 5.60 Å². The Morgan fingerprint density at radius 2 is 1.68 bits per heavy atom. The van der Waals surface area contributed by atoms with Crippen LogP contribution in [0.3, 0.4) is 0 Å². The highest BCUT2D eigenvalue weighted by atomic mass is 16.6. The highest BCUT2D eigenvalue weighted by Crippen LogP contribution is 2.27. The van der Waals surface area contributed by atoms with Crippen LogP contribution in [0.2, 0.25) is 0 Å². The number of carbonyl (C=O) groups excluding carboxylic acids is 1. The van der Waals surface area contributed by atoms with Crippen molar-refractivity contribution in [2.24, 2.45) is 0 Å². The largest absolute Gasteiger partial charge is 0.444 e. The number of benzene rings is 2. The minimum atomic E-state index is -0.502. The lowest BCUT2D eigenvalue weighted by Crippen LogP contribution is -2.42. The molecule has 2 aromatic heterocycles. The van der Waals surface area contributed by atoms with Crippen molar-refractivity contribution in [1.82, 2.24) is 24.8 Å². The molecule has 9 heteroatoms. The fourth-order valence-corrected chi connectivity index (χ4v) is 5.20. The Balaban J connectivity index is 1.29. The number of hydrogen-bond acceptors (Lipinski definition) is 7. The summed E-state index contributed by atoms with van der Waals surface area (Å²) in [5, 5.41) is 10.1. The van der Waals surface area contributed by atoms with Gasteiger partial charge in [0.25, 0.3) is 0 Å². The van der Waals surface area contributed by atoms with Gasteiger partial charge in [0.15, 0.2) is 17.0 Å². The number of imidazole rings is 1. The summed E-state index contributed by atoms with van der Waals surface area (Å²) in [5.74, 6) is 1.30. The highest BCUT2D eigenvalue weighted by Gasteiger charge is 2.26. The maximum absolute atomic E-state index is 12.2. The van der Waals surface area contributed by atoms with E-state index in [1.165, 1.54) is 11.1 Å². The van der Waals surface area contributed by atoms with Crippen LogP contribution in [0, 0.1) is 0 Å². The van der Waals surface area contributed by atoms with Crippen LogP contribution in [0.15, 0.2) is 60.9 Å². The first-order valence-electron chi connectivity index (χ1n) is 14.5. The first-order chi connectivity index (χ1) is 19.6. The number of anilines is 2. The molecule has 1 aliphatic carbocycles. The number of amides is 1. The van der Waals surface area contributed by atoms with Gasteiger partial charge in [0.05, 0.1) is 6.33 Å². The molecule has 1 amide bonds. The van der Waals surface area contributed by atoms with Crippen molar-refractivity contribution in [2.45, 2.75) is 90.6 Å². The Labute approximate surface area is 242 Å². The number of nitrogens with one attached hydrogen (secondary N) is 3. The summed E-state index contributed by atoms with van der Waals surface area (Å²) in [4.78, 5) is 26.6. The van der Waals surface area contributed by atoms with Crippen molar-refractivity contribution in [3.8, 4) is 11.1 Å². The van der Waals surface area contributed by atoms with Crippen molar-refractivity contribution in [3.63, 3.8) is 0 Å². The van der Waals surface area contributed by atoms with E-state index in [9.17, 15) is 4.79 Å². The summed E-state index contributed by atoms with van der Waals surface area (Å²) in [7, 11) is 0. The predicted octanol–water partition coefficient (Wildman–Crippen LogP) is 6.93. The van der Waals surface area contributed by atoms with E-state index in [1.54, 1.807) is 0 Å². The monoisotopic (exact) mass is 555 g/mol. The number of nitrogens with zero attached hydrogens (tertiary/aromatic N) is 4. The van der Waals surface area contributed by atoms with Gasteiger partial charge in [-0.1, -0.05) is 48.5 Å². The molecule has 0 radical (unpaired) electrons. The zero-order chi connectivity index (χ0) is 29.0. The van der Waals surface area contributed by atoms with Crippen LogP contribution in [0.1, 0.15) is 71.9 Å². The van der Waals surface area contributed by atoms with Gasteiger partial charge in [-0.2, -0.15) is 9.97 Å². The van der Waals surface area contributed by atoms with Crippen LogP contribution in [-0.4, -0.2) is 43.3 Å². The molecule has 1 saturated carbocycles. The fraction of sp³-hybridized carbons (Fsp3) is 0.438. The minimum Gasteiger partial charge on any atom is -0.444 e. The zero-order valence-corrected chi connectivity index (χ0v) is 24.6. The van der Waals surface area contributed by atoms with Crippen molar-refractivity contribution in [3.05, 3.63) is 66.5 Å². The summed E-state index contributed by atoms with van der Waals surface area (Å²) < 4.78 is 7.50. The van der Waals surface area contributed by atoms with Crippen LogP contribution in [-0.2, 0) is 11.3 Å². The molecule has 0 saturated heterocycles. The molecular formula is C32H41N7O2. The molecule has 1 aliphatic rings. The number of rotatable bonds is 8. The second-order valence-electron chi connectivity index (χ2n) is 12.1. The molecule has 1 fully saturated rings. The van der Waals surface area contributed by atoms with Gasteiger partial charge < -0.3 is 25.3 Å². The van der Waals surface area contributed by atoms with Crippen molar-refractivity contribution in [2.75, 3.05) is 10.6 Å². The molecular weight excluding hydrogens is 514 g/mol. The van der Waals surface area contributed by atoms with Gasteiger partial charge in [0.1, 0.15) is 5.60 Å². The molecule has 5 rings (SSSR count). The van der Waals surface area contributed by atoms with Gasteiger partial charge >= 0.3 is 6.09 Å². The number of fused-ring (bicyclic) bond motifs is 1. The molecule has 4 aromatic rings. The first-order valence-corrected chi connectivity index (χ1v) is 14.5. The SMILES string of the molecule is CC(C)n1cnc2c(NCc3cccc(-c4ccccc4)c3)nc(NC3CCC(NC(=O)OC(C)(C)C)CC3)nc21. The number of carbonyl (C=O) groups is 1. The summed E-state index contributed by atoms with van der Waals surface area (Å²) in [6.07, 6.45) is 5.02. The Hall–Kier alpha value is -4.14. The molecule has 9 nitrogen and oxygen atoms in total. The van der Waals surface area contributed by atoms with E-state index in [0.29, 0.717) is 18.3 Å². The third-order valence-corrected chi connectivity index (χ3v) is 7.25. The number of ether oxygens (including phenoxy) is 1. The Morgan fingerprint density at radius 1 is 0.976 bits per heavy atom. The lowest BCUT2D eigenvalue weighted by Gasteiger charge is -2.30. The topological polar surface area (TPSA) is 106 Å². The first kappa shape index (κ1) is 28.4. The molecule has 0 atom stereocenters. The smallest absolute Gasteiger partial charge is 0.407 e. The molecule has 3 N–H and O–H groups in total. The average Bonchev–Trinajstić information content (AvgIpc) is 3.37. The van der Waals surface area contributed by atoms with Crippen molar-refractivity contribution in [1.29, 1.82) is 0 Å². The Kier molecular flexibility index (Phi) is 8.42. The maximum atomic E-state index is 12.2. The molecule has 2 aromatic carbocycles. The van der Waals surface area contributed by atoms with Gasteiger partial charge in [-0.15, -0.1) is 0 Å². The normalized spacial score (nSPS) is 17.4. The molecule has 0 bridgehead atoms. The van der Waals surface area contributed by atoms with Crippen molar-refractivity contribution >= 4 is 29.0 Å². The predicted molar refractivity (Wildman–Crippen MR) is 164 cm³/mol. The Bertz CT molecular complexity index is 1470. The lowest BCUT2D eigenvalue weighted by molar-refractivity contribution is 0.0492. The molecule has 0 spiro atoms.